The Morgan fingerprint density at radius 1 is 0.964 bits per heavy atom. The van der Waals surface area contributed by atoms with Crippen LogP contribution in [-0.4, -0.2) is 29.1 Å². The van der Waals surface area contributed by atoms with E-state index in [1.807, 2.05) is 50.2 Å². The molecule has 0 saturated carbocycles. The molecule has 0 aliphatic carbocycles. The van der Waals surface area contributed by atoms with E-state index in [4.69, 9.17) is 9.47 Å². The first-order valence-corrected chi connectivity index (χ1v) is 8.96. The van der Waals surface area contributed by atoms with Crippen molar-refractivity contribution < 1.29 is 14.3 Å². The van der Waals surface area contributed by atoms with Gasteiger partial charge in [-0.3, -0.25) is 4.79 Å². The second-order valence-electron chi connectivity index (χ2n) is 6.49. The van der Waals surface area contributed by atoms with Crippen LogP contribution in [0.1, 0.15) is 21.6 Å². The number of para-hydroxylation sites is 1. The molecule has 7 heteroatoms. The second-order valence-corrected chi connectivity index (χ2v) is 6.49. The first-order valence-electron chi connectivity index (χ1n) is 8.96. The molecule has 0 fully saturated rings. The molecule has 1 aliphatic rings. The van der Waals surface area contributed by atoms with Gasteiger partial charge in [-0.15, -0.1) is 0 Å². The predicted molar refractivity (Wildman–Crippen MR) is 107 cm³/mol. The van der Waals surface area contributed by atoms with E-state index >= 15 is 0 Å². The summed E-state index contributed by atoms with van der Waals surface area (Å²) in [5, 5.41) is 6.10. The Labute approximate surface area is 162 Å². The minimum Gasteiger partial charge on any atom is -0.486 e. The van der Waals surface area contributed by atoms with Crippen molar-refractivity contribution in [2.24, 2.45) is 0 Å². The molecule has 7 nitrogen and oxygen atoms in total. The maximum atomic E-state index is 12.6. The fraction of sp³-hybridized carbons (Fsp3) is 0.190. The Morgan fingerprint density at radius 2 is 1.71 bits per heavy atom. The van der Waals surface area contributed by atoms with Gasteiger partial charge in [-0.05, 0) is 37.1 Å². The maximum Gasteiger partial charge on any atom is 0.274 e. The van der Waals surface area contributed by atoms with Gasteiger partial charge in [-0.25, -0.2) is 9.97 Å². The highest BCUT2D eigenvalue weighted by atomic mass is 16.6. The molecule has 2 N–H and O–H groups in total. The van der Waals surface area contributed by atoms with Gasteiger partial charge in [0.05, 0.1) is 0 Å². The number of carbonyl (C=O) groups excluding carboxylic acids is 1. The van der Waals surface area contributed by atoms with Crippen molar-refractivity contribution in [2.75, 3.05) is 23.8 Å². The first kappa shape index (κ1) is 17.8. The van der Waals surface area contributed by atoms with Gasteiger partial charge in [0.1, 0.15) is 31.1 Å². The Morgan fingerprint density at radius 3 is 2.50 bits per heavy atom. The first-order chi connectivity index (χ1) is 13.6. The summed E-state index contributed by atoms with van der Waals surface area (Å²) in [4.78, 5) is 20.9. The van der Waals surface area contributed by atoms with Gasteiger partial charge in [0, 0.05) is 23.5 Å². The minimum absolute atomic E-state index is 0.276. The highest BCUT2D eigenvalue weighted by molar-refractivity contribution is 6.04. The molecule has 0 saturated heterocycles. The summed E-state index contributed by atoms with van der Waals surface area (Å²) < 4.78 is 11.1. The zero-order valence-corrected chi connectivity index (χ0v) is 15.7. The normalized spacial score (nSPS) is 12.4. The van der Waals surface area contributed by atoms with Crippen molar-refractivity contribution in [1.29, 1.82) is 0 Å². The van der Waals surface area contributed by atoms with Crippen molar-refractivity contribution in [3.8, 4) is 11.5 Å². The minimum atomic E-state index is -0.287. The van der Waals surface area contributed by atoms with Crippen LogP contribution in [-0.2, 0) is 0 Å². The van der Waals surface area contributed by atoms with Gasteiger partial charge in [0.2, 0.25) is 0 Å². The molecule has 1 amide bonds. The lowest BCUT2D eigenvalue weighted by Crippen LogP contribution is -2.16. The summed E-state index contributed by atoms with van der Waals surface area (Å²) in [5.74, 6) is 1.62. The van der Waals surface area contributed by atoms with Crippen LogP contribution in [0.4, 0.5) is 17.2 Å². The standard InChI is InChI=1S/C21H20N4O3/c1-13-4-3-5-14(2)20(13)25-21(26)16-11-19(23-12-22-16)24-15-6-7-17-18(10-15)28-9-8-27-17/h3-7,10-12H,8-9H2,1-2H3,(H,25,26)(H,22,23,24). The van der Waals surface area contributed by atoms with Gasteiger partial charge in [-0.2, -0.15) is 0 Å². The largest absolute Gasteiger partial charge is 0.486 e. The summed E-state index contributed by atoms with van der Waals surface area (Å²) >= 11 is 0. The lowest BCUT2D eigenvalue weighted by atomic mass is 10.1. The number of aryl methyl sites for hydroxylation is 2. The van der Waals surface area contributed by atoms with Crippen LogP contribution in [0.25, 0.3) is 0 Å². The van der Waals surface area contributed by atoms with Crippen molar-refractivity contribution >= 4 is 23.1 Å². The number of hydrogen-bond acceptors (Lipinski definition) is 6. The molecule has 1 aromatic heterocycles. The number of rotatable bonds is 4. The second kappa shape index (κ2) is 7.56. The topological polar surface area (TPSA) is 85.4 Å². The predicted octanol–water partition coefficient (Wildman–Crippen LogP) is 3.86. The summed E-state index contributed by atoms with van der Waals surface area (Å²) in [6, 6.07) is 13.0. The molecule has 0 radical (unpaired) electrons. The van der Waals surface area contributed by atoms with Crippen LogP contribution in [0.5, 0.6) is 11.5 Å². The third-order valence-electron chi connectivity index (χ3n) is 4.43. The lowest BCUT2D eigenvalue weighted by Gasteiger charge is -2.19. The highest BCUT2D eigenvalue weighted by Crippen LogP contribution is 2.33. The quantitative estimate of drug-likeness (QED) is 0.719. The van der Waals surface area contributed by atoms with Crippen LogP contribution in [0.2, 0.25) is 0 Å². The van der Waals surface area contributed by atoms with E-state index < -0.39 is 0 Å². The number of benzene rings is 2. The van der Waals surface area contributed by atoms with E-state index in [1.165, 1.54) is 6.33 Å². The average molecular weight is 376 g/mol. The maximum absolute atomic E-state index is 12.6. The van der Waals surface area contributed by atoms with Crippen molar-refractivity contribution in [3.05, 3.63) is 65.6 Å². The zero-order chi connectivity index (χ0) is 19.5. The van der Waals surface area contributed by atoms with E-state index in [0.29, 0.717) is 30.5 Å². The number of amides is 1. The van der Waals surface area contributed by atoms with Crippen LogP contribution < -0.4 is 20.1 Å². The molecule has 1 aliphatic heterocycles. The van der Waals surface area contributed by atoms with Crippen LogP contribution in [0, 0.1) is 13.8 Å². The number of anilines is 3. The van der Waals surface area contributed by atoms with Crippen LogP contribution in [0.3, 0.4) is 0 Å². The smallest absolute Gasteiger partial charge is 0.274 e. The van der Waals surface area contributed by atoms with Gasteiger partial charge in [-0.1, -0.05) is 18.2 Å². The fourth-order valence-corrected chi connectivity index (χ4v) is 3.01. The van der Waals surface area contributed by atoms with Crippen molar-refractivity contribution in [1.82, 2.24) is 9.97 Å². The number of ether oxygens (including phenoxy) is 2. The molecule has 0 atom stereocenters. The SMILES string of the molecule is Cc1cccc(C)c1NC(=O)c1cc(Nc2ccc3c(c2)OCCO3)ncn1. The van der Waals surface area contributed by atoms with Crippen molar-refractivity contribution in [2.45, 2.75) is 13.8 Å². The van der Waals surface area contributed by atoms with Crippen molar-refractivity contribution in [3.63, 3.8) is 0 Å². The molecular formula is C21H20N4O3. The van der Waals surface area contributed by atoms with Gasteiger partial charge in [0.15, 0.2) is 11.5 Å². The lowest BCUT2D eigenvalue weighted by molar-refractivity contribution is 0.102. The summed E-state index contributed by atoms with van der Waals surface area (Å²) in [7, 11) is 0. The fourth-order valence-electron chi connectivity index (χ4n) is 3.01. The van der Waals surface area contributed by atoms with E-state index in [2.05, 4.69) is 20.6 Å². The molecule has 142 valence electrons. The van der Waals surface area contributed by atoms with E-state index in [1.54, 1.807) is 6.07 Å². The Bertz CT molecular complexity index is 1020. The van der Waals surface area contributed by atoms with Gasteiger partial charge >= 0.3 is 0 Å². The Kier molecular flexibility index (Phi) is 4.80. The molecule has 28 heavy (non-hydrogen) atoms. The molecule has 2 heterocycles. The van der Waals surface area contributed by atoms with Gasteiger partial charge in [0.25, 0.3) is 5.91 Å². The van der Waals surface area contributed by atoms with E-state index in [0.717, 1.165) is 22.5 Å². The molecule has 0 spiro atoms. The highest BCUT2D eigenvalue weighted by Gasteiger charge is 2.14. The summed E-state index contributed by atoms with van der Waals surface area (Å²) in [5.41, 5.74) is 3.85. The van der Waals surface area contributed by atoms with E-state index in [9.17, 15) is 4.79 Å². The third kappa shape index (κ3) is 3.73. The number of nitrogens with one attached hydrogen (secondary N) is 2. The number of nitrogens with zero attached hydrogens (tertiary/aromatic N) is 2. The monoisotopic (exact) mass is 376 g/mol. The van der Waals surface area contributed by atoms with Gasteiger partial charge < -0.3 is 20.1 Å². The Hall–Kier alpha value is -3.61. The molecule has 0 unspecified atom stereocenters. The molecule has 0 bridgehead atoms. The number of hydrogen-bond donors (Lipinski definition) is 2. The summed E-state index contributed by atoms with van der Waals surface area (Å²) in [6.07, 6.45) is 1.36. The number of fused-ring (bicyclic) bond motifs is 1. The third-order valence-corrected chi connectivity index (χ3v) is 4.43. The molecule has 3 aromatic rings. The average Bonchev–Trinajstić information content (AvgIpc) is 2.71. The molecule has 2 aromatic carbocycles. The Balaban J connectivity index is 1.52. The molecular weight excluding hydrogens is 356 g/mol. The van der Waals surface area contributed by atoms with Crippen LogP contribution in [0.15, 0.2) is 48.8 Å². The zero-order valence-electron chi connectivity index (χ0n) is 15.7. The number of aromatic nitrogens is 2. The molecule has 4 rings (SSSR count). The number of carbonyl (C=O) groups is 1. The summed E-state index contributed by atoms with van der Waals surface area (Å²) in [6.45, 7) is 4.98. The van der Waals surface area contributed by atoms with E-state index in [-0.39, 0.29) is 11.6 Å². The van der Waals surface area contributed by atoms with Crippen LogP contribution >= 0.6 is 0 Å².